The Hall–Kier alpha value is -0.860. The molecule has 0 heterocycles. The van der Waals surface area contributed by atoms with Crippen LogP contribution in [0.1, 0.15) is 45.1 Å². The fourth-order valence-corrected chi connectivity index (χ4v) is 2.37. The average molecular weight is 262 g/mol. The summed E-state index contributed by atoms with van der Waals surface area (Å²) < 4.78 is 0. The molecule has 0 aliphatic carbocycles. The molecule has 0 fully saturated rings. The van der Waals surface area contributed by atoms with Gasteiger partial charge in [0.05, 0.1) is 0 Å². The fourth-order valence-electron chi connectivity index (χ4n) is 2.37. The van der Waals surface area contributed by atoms with Crippen LogP contribution >= 0.6 is 0 Å². The molecule has 1 rings (SSSR count). The minimum atomic E-state index is 0.623. The van der Waals surface area contributed by atoms with Crippen LogP contribution in [0.25, 0.3) is 0 Å². The van der Waals surface area contributed by atoms with Gasteiger partial charge in [0.25, 0.3) is 0 Å². The summed E-state index contributed by atoms with van der Waals surface area (Å²) in [6.07, 6.45) is 2.44. The van der Waals surface area contributed by atoms with E-state index in [0.29, 0.717) is 5.92 Å². The molecule has 0 spiro atoms. The topological polar surface area (TPSA) is 24.1 Å². The lowest BCUT2D eigenvalue weighted by atomic mass is 9.85. The standard InChI is InChI=1S/C17H30N2/c1-4-11-18-12-13-19-14-17(15(3)5-2)16-9-7-6-8-10-16/h6-10,15,17-19H,4-5,11-14H2,1-3H3. The van der Waals surface area contributed by atoms with E-state index in [9.17, 15) is 0 Å². The van der Waals surface area contributed by atoms with E-state index in [4.69, 9.17) is 0 Å². The molecule has 1 aromatic carbocycles. The highest BCUT2D eigenvalue weighted by Crippen LogP contribution is 2.25. The Balaban J connectivity index is 2.39. The van der Waals surface area contributed by atoms with Gasteiger partial charge in [-0.15, -0.1) is 0 Å². The third-order valence-electron chi connectivity index (χ3n) is 3.83. The van der Waals surface area contributed by atoms with E-state index >= 15 is 0 Å². The summed E-state index contributed by atoms with van der Waals surface area (Å²) in [6.45, 7) is 11.2. The van der Waals surface area contributed by atoms with Gasteiger partial charge in [-0.05, 0) is 30.4 Å². The monoisotopic (exact) mass is 262 g/mol. The molecule has 0 saturated heterocycles. The SMILES string of the molecule is CCCNCCNCC(c1ccccc1)C(C)CC. The van der Waals surface area contributed by atoms with Gasteiger partial charge in [-0.2, -0.15) is 0 Å². The Morgan fingerprint density at radius 3 is 2.26 bits per heavy atom. The molecular weight excluding hydrogens is 232 g/mol. The Kier molecular flexibility index (Phi) is 8.52. The van der Waals surface area contributed by atoms with Crippen molar-refractivity contribution >= 4 is 0 Å². The Bertz CT molecular complexity index is 310. The van der Waals surface area contributed by atoms with E-state index in [2.05, 4.69) is 61.7 Å². The lowest BCUT2D eigenvalue weighted by molar-refractivity contribution is 0.419. The smallest absolute Gasteiger partial charge is 0.00769 e. The molecule has 0 aliphatic heterocycles. The lowest BCUT2D eigenvalue weighted by Crippen LogP contribution is -2.32. The maximum Gasteiger partial charge on any atom is 0.00769 e. The molecule has 2 unspecified atom stereocenters. The first-order valence-corrected chi connectivity index (χ1v) is 7.75. The summed E-state index contributed by atoms with van der Waals surface area (Å²) in [5.41, 5.74) is 1.46. The van der Waals surface area contributed by atoms with Crippen LogP contribution < -0.4 is 10.6 Å². The van der Waals surface area contributed by atoms with E-state index in [1.54, 1.807) is 0 Å². The minimum Gasteiger partial charge on any atom is -0.315 e. The number of hydrogen-bond acceptors (Lipinski definition) is 2. The quantitative estimate of drug-likeness (QED) is 0.631. The highest BCUT2D eigenvalue weighted by Gasteiger charge is 2.17. The van der Waals surface area contributed by atoms with Crippen LogP contribution in [0, 0.1) is 5.92 Å². The predicted molar refractivity (Wildman–Crippen MR) is 84.7 cm³/mol. The normalized spacial score (nSPS) is 14.3. The second-order valence-corrected chi connectivity index (χ2v) is 5.36. The van der Waals surface area contributed by atoms with Crippen LogP contribution in [0.3, 0.4) is 0 Å². The maximum absolute atomic E-state index is 3.60. The lowest BCUT2D eigenvalue weighted by Gasteiger charge is -2.24. The molecule has 0 amide bonds. The van der Waals surface area contributed by atoms with E-state index in [1.165, 1.54) is 18.4 Å². The van der Waals surface area contributed by atoms with Crippen molar-refractivity contribution in [1.29, 1.82) is 0 Å². The van der Waals surface area contributed by atoms with Crippen molar-refractivity contribution in [3.8, 4) is 0 Å². The Morgan fingerprint density at radius 2 is 1.63 bits per heavy atom. The molecule has 2 heteroatoms. The first kappa shape index (κ1) is 16.2. The van der Waals surface area contributed by atoms with Gasteiger partial charge in [0.1, 0.15) is 0 Å². The van der Waals surface area contributed by atoms with E-state index in [-0.39, 0.29) is 0 Å². The van der Waals surface area contributed by atoms with Gasteiger partial charge in [0.15, 0.2) is 0 Å². The number of nitrogens with one attached hydrogen (secondary N) is 2. The van der Waals surface area contributed by atoms with Gasteiger partial charge in [0, 0.05) is 19.6 Å². The minimum absolute atomic E-state index is 0.623. The molecule has 0 aromatic heterocycles. The third kappa shape index (κ3) is 6.22. The zero-order valence-electron chi connectivity index (χ0n) is 12.8. The van der Waals surface area contributed by atoms with Crippen molar-refractivity contribution in [1.82, 2.24) is 10.6 Å². The highest BCUT2D eigenvalue weighted by molar-refractivity contribution is 5.20. The number of benzene rings is 1. The van der Waals surface area contributed by atoms with Gasteiger partial charge >= 0.3 is 0 Å². The van der Waals surface area contributed by atoms with Crippen LogP contribution in [0.5, 0.6) is 0 Å². The molecule has 2 atom stereocenters. The molecule has 2 nitrogen and oxygen atoms in total. The van der Waals surface area contributed by atoms with Crippen molar-refractivity contribution in [3.63, 3.8) is 0 Å². The summed E-state index contributed by atoms with van der Waals surface area (Å²) in [4.78, 5) is 0. The fraction of sp³-hybridized carbons (Fsp3) is 0.647. The van der Waals surface area contributed by atoms with Crippen molar-refractivity contribution in [2.45, 2.75) is 39.5 Å². The third-order valence-corrected chi connectivity index (χ3v) is 3.83. The van der Waals surface area contributed by atoms with Crippen molar-refractivity contribution < 1.29 is 0 Å². The molecule has 19 heavy (non-hydrogen) atoms. The Morgan fingerprint density at radius 1 is 0.947 bits per heavy atom. The zero-order valence-corrected chi connectivity index (χ0v) is 12.8. The van der Waals surface area contributed by atoms with E-state index < -0.39 is 0 Å². The summed E-state index contributed by atoms with van der Waals surface area (Å²) >= 11 is 0. The second-order valence-electron chi connectivity index (χ2n) is 5.36. The molecule has 2 N–H and O–H groups in total. The van der Waals surface area contributed by atoms with Crippen molar-refractivity contribution in [2.75, 3.05) is 26.2 Å². The van der Waals surface area contributed by atoms with Crippen molar-refractivity contribution in [3.05, 3.63) is 35.9 Å². The summed E-state index contributed by atoms with van der Waals surface area (Å²) in [5.74, 6) is 1.34. The van der Waals surface area contributed by atoms with Gasteiger partial charge in [-0.25, -0.2) is 0 Å². The van der Waals surface area contributed by atoms with Crippen LogP contribution in [-0.4, -0.2) is 26.2 Å². The first-order valence-electron chi connectivity index (χ1n) is 7.75. The first-order chi connectivity index (χ1) is 9.29. The average Bonchev–Trinajstić information content (AvgIpc) is 2.47. The summed E-state index contributed by atoms with van der Waals surface area (Å²) in [6, 6.07) is 10.9. The molecule has 0 bridgehead atoms. The van der Waals surface area contributed by atoms with Crippen LogP contribution in [0.2, 0.25) is 0 Å². The molecular formula is C17H30N2. The largest absolute Gasteiger partial charge is 0.315 e. The highest BCUT2D eigenvalue weighted by atomic mass is 14.9. The van der Waals surface area contributed by atoms with Crippen LogP contribution in [-0.2, 0) is 0 Å². The van der Waals surface area contributed by atoms with Crippen LogP contribution in [0.15, 0.2) is 30.3 Å². The molecule has 0 aliphatic rings. The van der Waals surface area contributed by atoms with Crippen LogP contribution in [0.4, 0.5) is 0 Å². The predicted octanol–water partition coefficient (Wildman–Crippen LogP) is 3.41. The van der Waals surface area contributed by atoms with Crippen molar-refractivity contribution in [2.24, 2.45) is 5.92 Å². The van der Waals surface area contributed by atoms with Gasteiger partial charge < -0.3 is 10.6 Å². The zero-order chi connectivity index (χ0) is 13.9. The Labute approximate surface area is 119 Å². The molecule has 1 aromatic rings. The molecule has 108 valence electrons. The molecule has 0 radical (unpaired) electrons. The molecule has 0 saturated carbocycles. The maximum atomic E-state index is 3.60. The van der Waals surface area contributed by atoms with Gasteiger partial charge in [0.2, 0.25) is 0 Å². The second kappa shape index (κ2) is 9.99. The van der Waals surface area contributed by atoms with E-state index in [0.717, 1.165) is 32.1 Å². The summed E-state index contributed by atoms with van der Waals surface area (Å²) in [5, 5.41) is 7.02. The number of hydrogen-bond donors (Lipinski definition) is 2. The number of rotatable bonds is 10. The van der Waals surface area contributed by atoms with Gasteiger partial charge in [-0.1, -0.05) is 57.5 Å². The van der Waals surface area contributed by atoms with E-state index in [1.807, 2.05) is 0 Å². The summed E-state index contributed by atoms with van der Waals surface area (Å²) in [7, 11) is 0. The van der Waals surface area contributed by atoms with Gasteiger partial charge in [-0.3, -0.25) is 0 Å².